The molecule has 2 rings (SSSR count). The lowest BCUT2D eigenvalue weighted by Crippen LogP contribution is -2.21. The van der Waals surface area contributed by atoms with Gasteiger partial charge in [-0.3, -0.25) is 9.59 Å². The van der Waals surface area contributed by atoms with Crippen LogP contribution in [0.4, 0.5) is 5.69 Å². The normalized spacial score (nSPS) is 10.0. The summed E-state index contributed by atoms with van der Waals surface area (Å²) < 4.78 is 5.88. The van der Waals surface area contributed by atoms with Crippen molar-refractivity contribution in [2.45, 2.75) is 6.92 Å². The van der Waals surface area contributed by atoms with Crippen LogP contribution in [0.25, 0.3) is 0 Å². The molecule has 0 saturated heterocycles. The van der Waals surface area contributed by atoms with Gasteiger partial charge in [0.2, 0.25) is 0 Å². The van der Waals surface area contributed by atoms with Crippen molar-refractivity contribution in [1.82, 2.24) is 0 Å². The summed E-state index contributed by atoms with van der Waals surface area (Å²) in [5.41, 5.74) is 1.37. The number of hydrogen-bond acceptors (Lipinski definition) is 4. The average molecular weight is 423 g/mol. The van der Waals surface area contributed by atoms with E-state index in [2.05, 4.69) is 27.9 Å². The highest BCUT2D eigenvalue weighted by Crippen LogP contribution is 2.12. The lowest BCUT2D eigenvalue weighted by Gasteiger charge is -2.07. The summed E-state index contributed by atoms with van der Waals surface area (Å²) >= 11 is 2.09. The number of nitrogens with one attached hydrogen (secondary N) is 1. The zero-order valence-electron chi connectivity index (χ0n) is 12.3. The van der Waals surface area contributed by atoms with E-state index in [0.29, 0.717) is 16.8 Å². The Morgan fingerprint density at radius 3 is 2.43 bits per heavy atom. The maximum Gasteiger partial charge on any atom is 0.338 e. The summed E-state index contributed by atoms with van der Waals surface area (Å²) in [6.45, 7) is 1.05. The molecule has 1 amide bonds. The highest BCUT2D eigenvalue weighted by atomic mass is 127. The van der Waals surface area contributed by atoms with Gasteiger partial charge in [-0.25, -0.2) is 4.79 Å². The summed E-state index contributed by atoms with van der Waals surface area (Å²) in [5.74, 6) is -1.12. The Kier molecular flexibility index (Phi) is 5.86. The van der Waals surface area contributed by atoms with Crippen molar-refractivity contribution in [3.8, 4) is 0 Å². The molecular weight excluding hydrogens is 409 g/mol. The van der Waals surface area contributed by atoms with Gasteiger partial charge in [0.05, 0.1) is 5.56 Å². The second-order valence-corrected chi connectivity index (χ2v) is 6.02. The molecule has 0 aliphatic carbocycles. The van der Waals surface area contributed by atoms with Gasteiger partial charge in [0.15, 0.2) is 12.4 Å². The first-order valence-electron chi connectivity index (χ1n) is 6.79. The van der Waals surface area contributed by atoms with E-state index >= 15 is 0 Å². The molecule has 6 heteroatoms. The number of rotatable bonds is 5. The molecule has 0 saturated carbocycles. The number of ether oxygens (including phenoxy) is 1. The third kappa shape index (κ3) is 5.17. The molecule has 2 aromatic carbocycles. The number of carbonyl (C=O) groups excluding carboxylic acids is 3. The zero-order valence-corrected chi connectivity index (χ0v) is 14.5. The molecule has 0 atom stereocenters. The number of amides is 1. The Balaban J connectivity index is 1.91. The smallest absolute Gasteiger partial charge is 0.338 e. The number of esters is 1. The summed E-state index contributed by atoms with van der Waals surface area (Å²) in [5, 5.41) is 2.59. The van der Waals surface area contributed by atoms with Crippen LogP contribution in [0.3, 0.4) is 0 Å². The van der Waals surface area contributed by atoms with Gasteiger partial charge in [-0.05, 0) is 59.8 Å². The van der Waals surface area contributed by atoms with Crippen LogP contribution in [0, 0.1) is 3.57 Å². The Morgan fingerprint density at radius 1 is 1.04 bits per heavy atom. The predicted molar refractivity (Wildman–Crippen MR) is 94.5 cm³/mol. The van der Waals surface area contributed by atoms with Crippen LogP contribution in [0.2, 0.25) is 0 Å². The van der Waals surface area contributed by atoms with Crippen LogP contribution in [-0.4, -0.2) is 24.3 Å². The van der Waals surface area contributed by atoms with Crippen LogP contribution in [0.5, 0.6) is 0 Å². The molecule has 0 spiro atoms. The van der Waals surface area contributed by atoms with Crippen LogP contribution in [0.1, 0.15) is 27.6 Å². The highest BCUT2D eigenvalue weighted by molar-refractivity contribution is 14.1. The SMILES string of the molecule is CC(=O)c1cccc(NC(=O)COC(=O)c2cccc(I)c2)c1. The van der Waals surface area contributed by atoms with E-state index in [9.17, 15) is 14.4 Å². The molecule has 0 radical (unpaired) electrons. The van der Waals surface area contributed by atoms with Crippen molar-refractivity contribution in [3.63, 3.8) is 0 Å². The number of ketones is 1. The zero-order chi connectivity index (χ0) is 16.8. The van der Waals surface area contributed by atoms with E-state index in [4.69, 9.17) is 4.74 Å². The van der Waals surface area contributed by atoms with Crippen LogP contribution in [0.15, 0.2) is 48.5 Å². The van der Waals surface area contributed by atoms with Crippen LogP contribution in [-0.2, 0) is 9.53 Å². The number of halogens is 1. The van der Waals surface area contributed by atoms with E-state index in [-0.39, 0.29) is 5.78 Å². The molecule has 0 aliphatic heterocycles. The third-order valence-electron chi connectivity index (χ3n) is 2.95. The number of hydrogen-bond donors (Lipinski definition) is 1. The van der Waals surface area contributed by atoms with Gasteiger partial charge in [0, 0.05) is 14.8 Å². The maximum atomic E-state index is 11.8. The van der Waals surface area contributed by atoms with Crippen LogP contribution >= 0.6 is 22.6 Å². The standard InChI is InChI=1S/C17H14INO4/c1-11(20)12-4-3-7-15(9-12)19-16(21)10-23-17(22)13-5-2-6-14(18)8-13/h2-9H,10H2,1H3,(H,19,21). The van der Waals surface area contributed by atoms with Gasteiger partial charge >= 0.3 is 5.97 Å². The van der Waals surface area contributed by atoms with Gasteiger partial charge in [-0.15, -0.1) is 0 Å². The first kappa shape index (κ1) is 17.1. The topological polar surface area (TPSA) is 72.5 Å². The predicted octanol–water partition coefficient (Wildman–Crippen LogP) is 3.29. The minimum atomic E-state index is -0.559. The molecule has 118 valence electrons. The molecule has 5 nitrogen and oxygen atoms in total. The second kappa shape index (κ2) is 7.87. The number of anilines is 1. The quantitative estimate of drug-likeness (QED) is 0.455. The summed E-state index contributed by atoms with van der Waals surface area (Å²) in [6.07, 6.45) is 0. The van der Waals surface area contributed by atoms with Gasteiger partial charge in [0.25, 0.3) is 5.91 Å². The number of carbonyl (C=O) groups is 3. The summed E-state index contributed by atoms with van der Waals surface area (Å²) in [7, 11) is 0. The average Bonchev–Trinajstić information content (AvgIpc) is 2.53. The minimum absolute atomic E-state index is 0.0915. The van der Waals surface area contributed by atoms with Gasteiger partial charge in [-0.2, -0.15) is 0 Å². The van der Waals surface area contributed by atoms with Crippen molar-refractivity contribution < 1.29 is 19.1 Å². The fourth-order valence-corrected chi connectivity index (χ4v) is 2.39. The van der Waals surface area contributed by atoms with Crippen molar-refractivity contribution in [3.05, 3.63) is 63.2 Å². The molecule has 0 unspecified atom stereocenters. The number of benzene rings is 2. The van der Waals surface area contributed by atoms with E-state index in [0.717, 1.165) is 3.57 Å². The lowest BCUT2D eigenvalue weighted by molar-refractivity contribution is -0.119. The molecule has 0 aromatic heterocycles. The van der Waals surface area contributed by atoms with E-state index < -0.39 is 18.5 Å². The molecule has 2 aromatic rings. The fourth-order valence-electron chi connectivity index (χ4n) is 1.84. The third-order valence-corrected chi connectivity index (χ3v) is 3.62. The van der Waals surface area contributed by atoms with Crippen molar-refractivity contribution >= 4 is 45.9 Å². The van der Waals surface area contributed by atoms with Crippen molar-refractivity contribution in [2.24, 2.45) is 0 Å². The maximum absolute atomic E-state index is 11.8. The van der Waals surface area contributed by atoms with Crippen LogP contribution < -0.4 is 5.32 Å². The largest absolute Gasteiger partial charge is 0.452 e. The second-order valence-electron chi connectivity index (χ2n) is 4.77. The van der Waals surface area contributed by atoms with Gasteiger partial charge in [-0.1, -0.05) is 18.2 Å². The Bertz CT molecular complexity index is 758. The van der Waals surface area contributed by atoms with Gasteiger partial charge < -0.3 is 10.1 Å². The Hall–Kier alpha value is -2.22. The first-order valence-corrected chi connectivity index (χ1v) is 7.87. The molecular formula is C17H14INO4. The van der Waals surface area contributed by atoms with Crippen molar-refractivity contribution in [1.29, 1.82) is 0 Å². The van der Waals surface area contributed by atoms with Gasteiger partial charge in [0.1, 0.15) is 0 Å². The number of Topliss-reactive ketones (excluding diaryl/α,β-unsaturated/α-hetero) is 1. The minimum Gasteiger partial charge on any atom is -0.452 e. The summed E-state index contributed by atoms with van der Waals surface area (Å²) in [4.78, 5) is 35.0. The molecule has 0 heterocycles. The molecule has 0 bridgehead atoms. The first-order chi connectivity index (χ1) is 11.0. The Labute approximate surface area is 147 Å². The Morgan fingerprint density at radius 2 is 1.74 bits per heavy atom. The fraction of sp³-hybridized carbons (Fsp3) is 0.118. The van der Waals surface area contributed by atoms with E-state index in [1.165, 1.54) is 6.92 Å². The van der Waals surface area contributed by atoms with Crippen molar-refractivity contribution in [2.75, 3.05) is 11.9 Å². The molecule has 1 N–H and O–H groups in total. The van der Waals surface area contributed by atoms with E-state index in [1.54, 1.807) is 42.5 Å². The molecule has 0 aliphatic rings. The summed E-state index contributed by atoms with van der Waals surface area (Å²) in [6, 6.07) is 13.5. The highest BCUT2D eigenvalue weighted by Gasteiger charge is 2.11. The lowest BCUT2D eigenvalue weighted by atomic mass is 10.1. The molecule has 0 fully saturated rings. The molecule has 23 heavy (non-hydrogen) atoms. The monoisotopic (exact) mass is 423 g/mol. The van der Waals surface area contributed by atoms with E-state index in [1.807, 2.05) is 6.07 Å².